The van der Waals surface area contributed by atoms with Crippen molar-refractivity contribution in [2.75, 3.05) is 31.1 Å². The monoisotopic (exact) mass is 429 g/mol. The molecule has 0 amide bonds. The van der Waals surface area contributed by atoms with Crippen LogP contribution in [0.5, 0.6) is 0 Å². The van der Waals surface area contributed by atoms with Crippen LogP contribution in [0.15, 0.2) is 23.3 Å². The molecule has 0 aliphatic carbocycles. The molecule has 0 bridgehead atoms. The van der Waals surface area contributed by atoms with Gasteiger partial charge in [-0.1, -0.05) is 13.0 Å². The van der Waals surface area contributed by atoms with Crippen molar-refractivity contribution in [2.24, 2.45) is 16.6 Å². The highest BCUT2D eigenvalue weighted by Gasteiger charge is 2.17. The predicted molar refractivity (Wildman–Crippen MR) is 106 cm³/mol. The van der Waals surface area contributed by atoms with E-state index in [-0.39, 0.29) is 24.0 Å². The Bertz CT molecular complexity index is 510. The Morgan fingerprint density at radius 1 is 1.26 bits per heavy atom. The molecule has 0 saturated carbocycles. The summed E-state index contributed by atoms with van der Waals surface area (Å²) in [6, 6.07) is 4.23. The van der Waals surface area contributed by atoms with Crippen LogP contribution in [0.2, 0.25) is 0 Å². The van der Waals surface area contributed by atoms with Crippen LogP contribution < -0.4 is 10.6 Å². The molecule has 2 aliphatic heterocycles. The second-order valence-electron chi connectivity index (χ2n) is 6.59. The zero-order valence-electron chi connectivity index (χ0n) is 13.9. The van der Waals surface area contributed by atoms with Gasteiger partial charge in [0.05, 0.1) is 6.54 Å². The van der Waals surface area contributed by atoms with Crippen molar-refractivity contribution in [2.45, 2.75) is 39.2 Å². The van der Waals surface area contributed by atoms with E-state index in [1.165, 1.54) is 25.7 Å². The van der Waals surface area contributed by atoms with Crippen molar-refractivity contribution in [1.29, 1.82) is 0 Å². The second-order valence-corrected chi connectivity index (χ2v) is 6.59. The molecule has 23 heavy (non-hydrogen) atoms. The van der Waals surface area contributed by atoms with Gasteiger partial charge in [0.1, 0.15) is 5.82 Å². The number of rotatable bonds is 3. The summed E-state index contributed by atoms with van der Waals surface area (Å²) in [5, 5.41) is 0. The Balaban J connectivity index is 0.00000192. The lowest BCUT2D eigenvalue weighted by molar-refractivity contribution is 0.270. The van der Waals surface area contributed by atoms with Crippen molar-refractivity contribution in [3.8, 4) is 0 Å². The van der Waals surface area contributed by atoms with Crippen LogP contribution in [-0.2, 0) is 6.54 Å². The molecule has 6 heteroatoms. The number of piperidine rings is 1. The largest absolute Gasteiger partial charge is 0.370 e. The highest BCUT2D eigenvalue weighted by molar-refractivity contribution is 14.0. The molecule has 0 aromatic carbocycles. The highest BCUT2D eigenvalue weighted by atomic mass is 127. The minimum Gasteiger partial charge on any atom is -0.370 e. The van der Waals surface area contributed by atoms with Crippen LogP contribution in [0.25, 0.3) is 0 Å². The average molecular weight is 429 g/mol. The maximum atomic E-state index is 6.14. The Hall–Kier alpha value is -1.05. The number of anilines is 1. The van der Waals surface area contributed by atoms with Gasteiger partial charge in [0.25, 0.3) is 0 Å². The van der Waals surface area contributed by atoms with Gasteiger partial charge in [-0.05, 0) is 43.2 Å². The molecule has 2 saturated heterocycles. The fourth-order valence-corrected chi connectivity index (χ4v) is 3.31. The molecule has 0 spiro atoms. The first-order valence-corrected chi connectivity index (χ1v) is 8.47. The summed E-state index contributed by atoms with van der Waals surface area (Å²) >= 11 is 0. The van der Waals surface area contributed by atoms with E-state index >= 15 is 0 Å². The molecule has 1 unspecified atom stereocenters. The molecule has 3 rings (SSSR count). The van der Waals surface area contributed by atoms with E-state index in [0.717, 1.165) is 37.6 Å². The zero-order chi connectivity index (χ0) is 15.4. The van der Waals surface area contributed by atoms with E-state index in [9.17, 15) is 0 Å². The Morgan fingerprint density at radius 2 is 2.04 bits per heavy atom. The smallest absolute Gasteiger partial charge is 0.191 e. The van der Waals surface area contributed by atoms with Gasteiger partial charge < -0.3 is 15.5 Å². The number of pyridine rings is 1. The fourth-order valence-electron chi connectivity index (χ4n) is 3.31. The van der Waals surface area contributed by atoms with Crippen molar-refractivity contribution >= 4 is 35.8 Å². The molecular formula is C17H28IN5. The van der Waals surface area contributed by atoms with Gasteiger partial charge in [-0.3, -0.25) is 0 Å². The van der Waals surface area contributed by atoms with Gasteiger partial charge in [-0.2, -0.15) is 0 Å². The molecular weight excluding hydrogens is 401 g/mol. The minimum atomic E-state index is 0. The number of hydrogen-bond acceptors (Lipinski definition) is 3. The Labute approximate surface area is 156 Å². The summed E-state index contributed by atoms with van der Waals surface area (Å²) < 4.78 is 0. The lowest BCUT2D eigenvalue weighted by Gasteiger charge is -2.31. The fraction of sp³-hybridized carbons (Fsp3) is 0.647. The summed E-state index contributed by atoms with van der Waals surface area (Å²) in [5.74, 6) is 2.47. The van der Waals surface area contributed by atoms with Crippen molar-refractivity contribution in [3.63, 3.8) is 0 Å². The molecule has 128 valence electrons. The average Bonchev–Trinajstić information content (AvgIpc) is 3.07. The third-order valence-electron chi connectivity index (χ3n) is 4.64. The standard InChI is InChI=1S/C17H27N5.HI/c1-14-5-4-10-22(13-14)17(18)20-12-15-6-7-16(19-11-15)21-8-2-3-9-21;/h6-7,11,14H,2-5,8-10,12-13H2,1H3,(H2,18,20);1H. The first-order valence-electron chi connectivity index (χ1n) is 8.47. The summed E-state index contributed by atoms with van der Waals surface area (Å²) in [4.78, 5) is 13.7. The molecule has 5 nitrogen and oxygen atoms in total. The third kappa shape index (κ3) is 4.96. The quantitative estimate of drug-likeness (QED) is 0.456. The van der Waals surface area contributed by atoms with Gasteiger partial charge in [0.15, 0.2) is 5.96 Å². The number of halogens is 1. The number of aromatic nitrogens is 1. The maximum absolute atomic E-state index is 6.14. The van der Waals surface area contributed by atoms with Crippen LogP contribution in [0, 0.1) is 5.92 Å². The molecule has 2 fully saturated rings. The number of likely N-dealkylation sites (tertiary alicyclic amines) is 1. The van der Waals surface area contributed by atoms with Crippen LogP contribution in [-0.4, -0.2) is 42.0 Å². The third-order valence-corrected chi connectivity index (χ3v) is 4.64. The zero-order valence-corrected chi connectivity index (χ0v) is 16.3. The number of guanidine groups is 1. The normalized spacial score (nSPS) is 22.1. The Kier molecular flexibility index (Phi) is 6.92. The molecule has 2 N–H and O–H groups in total. The van der Waals surface area contributed by atoms with Crippen LogP contribution >= 0.6 is 24.0 Å². The highest BCUT2D eigenvalue weighted by Crippen LogP contribution is 2.18. The van der Waals surface area contributed by atoms with E-state index in [0.29, 0.717) is 18.4 Å². The van der Waals surface area contributed by atoms with E-state index in [1.54, 1.807) is 0 Å². The molecule has 0 radical (unpaired) electrons. The number of hydrogen-bond donors (Lipinski definition) is 1. The van der Waals surface area contributed by atoms with E-state index < -0.39 is 0 Å². The van der Waals surface area contributed by atoms with Crippen LogP contribution in [0.3, 0.4) is 0 Å². The predicted octanol–water partition coefficient (Wildman–Crippen LogP) is 2.85. The Morgan fingerprint density at radius 3 is 2.70 bits per heavy atom. The molecule has 3 heterocycles. The molecule has 1 atom stereocenters. The summed E-state index contributed by atoms with van der Waals surface area (Å²) in [6.45, 7) is 7.22. The summed E-state index contributed by atoms with van der Waals surface area (Å²) in [5.41, 5.74) is 7.26. The van der Waals surface area contributed by atoms with Gasteiger partial charge in [0.2, 0.25) is 0 Å². The first kappa shape index (κ1) is 18.3. The topological polar surface area (TPSA) is 57.8 Å². The van der Waals surface area contributed by atoms with Crippen molar-refractivity contribution < 1.29 is 0 Å². The number of nitrogens with two attached hydrogens (primary N) is 1. The van der Waals surface area contributed by atoms with E-state index in [4.69, 9.17) is 5.73 Å². The summed E-state index contributed by atoms with van der Waals surface area (Å²) in [6.07, 6.45) is 7.00. The lowest BCUT2D eigenvalue weighted by atomic mass is 10.0. The van der Waals surface area contributed by atoms with Gasteiger partial charge in [-0.15, -0.1) is 24.0 Å². The van der Waals surface area contributed by atoms with Crippen molar-refractivity contribution in [3.05, 3.63) is 23.9 Å². The van der Waals surface area contributed by atoms with Crippen LogP contribution in [0.1, 0.15) is 38.2 Å². The first-order chi connectivity index (χ1) is 10.7. The maximum Gasteiger partial charge on any atom is 0.191 e. The second kappa shape index (κ2) is 8.70. The van der Waals surface area contributed by atoms with Gasteiger partial charge in [0, 0.05) is 32.4 Å². The van der Waals surface area contributed by atoms with Crippen LogP contribution in [0.4, 0.5) is 5.82 Å². The molecule has 1 aromatic rings. The SMILES string of the molecule is CC1CCCN(C(N)=NCc2ccc(N3CCCC3)nc2)C1.I. The molecule has 1 aromatic heterocycles. The number of nitrogens with zero attached hydrogens (tertiary/aromatic N) is 4. The number of aliphatic imine (C=N–C) groups is 1. The van der Waals surface area contributed by atoms with E-state index in [2.05, 4.69) is 38.8 Å². The van der Waals surface area contributed by atoms with E-state index in [1.807, 2.05) is 6.20 Å². The van der Waals surface area contributed by atoms with Gasteiger partial charge in [-0.25, -0.2) is 9.98 Å². The lowest BCUT2D eigenvalue weighted by Crippen LogP contribution is -2.43. The van der Waals surface area contributed by atoms with Gasteiger partial charge >= 0.3 is 0 Å². The van der Waals surface area contributed by atoms with Crippen molar-refractivity contribution in [1.82, 2.24) is 9.88 Å². The molecule has 2 aliphatic rings. The minimum absolute atomic E-state index is 0. The summed E-state index contributed by atoms with van der Waals surface area (Å²) in [7, 11) is 0.